The smallest absolute Gasteiger partial charge is 0.0798 e. The molecular formula is C8H12N2S. The van der Waals surface area contributed by atoms with Crippen molar-refractivity contribution in [1.82, 2.24) is 10.3 Å². The van der Waals surface area contributed by atoms with E-state index in [0.717, 1.165) is 13.1 Å². The molecule has 3 heteroatoms. The first-order chi connectivity index (χ1) is 5.20. The number of thiazole rings is 1. The van der Waals surface area contributed by atoms with Crippen LogP contribution in [0.1, 0.15) is 24.4 Å². The van der Waals surface area contributed by atoms with Gasteiger partial charge in [0.1, 0.15) is 0 Å². The van der Waals surface area contributed by atoms with Gasteiger partial charge in [-0.2, -0.15) is 0 Å². The van der Waals surface area contributed by atoms with Gasteiger partial charge in [-0.25, -0.2) is 4.98 Å². The average Bonchev–Trinajstić information content (AvgIpc) is 2.34. The fourth-order valence-corrected chi connectivity index (χ4v) is 2.43. The normalized spacial score (nSPS) is 21.3. The molecular weight excluding hydrogens is 156 g/mol. The lowest BCUT2D eigenvalue weighted by molar-refractivity contribution is 0.428. The monoisotopic (exact) mass is 168 g/mol. The highest BCUT2D eigenvalue weighted by atomic mass is 32.1. The third-order valence-corrected chi connectivity index (χ3v) is 2.97. The molecule has 0 unspecified atom stereocenters. The molecule has 0 aromatic carbocycles. The Morgan fingerprint density at radius 2 is 2.45 bits per heavy atom. The summed E-state index contributed by atoms with van der Waals surface area (Å²) in [5.41, 5.74) is 3.47. The fourth-order valence-electron chi connectivity index (χ4n) is 1.52. The minimum Gasteiger partial charge on any atom is -0.311 e. The van der Waals surface area contributed by atoms with Crippen molar-refractivity contribution in [3.63, 3.8) is 0 Å². The van der Waals surface area contributed by atoms with Crippen LogP contribution in [-0.2, 0) is 12.0 Å². The van der Waals surface area contributed by atoms with E-state index in [1.807, 2.05) is 5.51 Å². The molecule has 11 heavy (non-hydrogen) atoms. The van der Waals surface area contributed by atoms with Crippen molar-refractivity contribution in [2.45, 2.75) is 25.8 Å². The molecule has 0 aliphatic carbocycles. The zero-order valence-corrected chi connectivity index (χ0v) is 7.66. The van der Waals surface area contributed by atoms with Gasteiger partial charge in [0, 0.05) is 23.4 Å². The van der Waals surface area contributed by atoms with Gasteiger partial charge in [0.05, 0.1) is 11.2 Å². The van der Waals surface area contributed by atoms with Gasteiger partial charge in [-0.05, 0) is 0 Å². The summed E-state index contributed by atoms with van der Waals surface area (Å²) in [6.45, 7) is 6.52. The molecule has 2 heterocycles. The summed E-state index contributed by atoms with van der Waals surface area (Å²) in [5, 5.41) is 3.39. The number of nitrogens with one attached hydrogen (secondary N) is 1. The first-order valence-electron chi connectivity index (χ1n) is 3.84. The van der Waals surface area contributed by atoms with E-state index in [4.69, 9.17) is 0 Å². The zero-order chi connectivity index (χ0) is 7.90. The first kappa shape index (κ1) is 7.25. The third kappa shape index (κ3) is 1.08. The molecule has 1 aromatic heterocycles. The van der Waals surface area contributed by atoms with Crippen LogP contribution in [0.4, 0.5) is 0 Å². The van der Waals surface area contributed by atoms with Crippen molar-refractivity contribution in [3.8, 4) is 0 Å². The molecule has 2 rings (SSSR count). The lowest BCUT2D eigenvalue weighted by Gasteiger charge is -2.28. The van der Waals surface area contributed by atoms with Crippen LogP contribution in [-0.4, -0.2) is 11.5 Å². The molecule has 0 amide bonds. The second-order valence-electron chi connectivity index (χ2n) is 3.61. The average molecular weight is 168 g/mol. The van der Waals surface area contributed by atoms with E-state index in [1.165, 1.54) is 10.6 Å². The molecule has 0 radical (unpaired) electrons. The summed E-state index contributed by atoms with van der Waals surface area (Å²) in [4.78, 5) is 5.79. The van der Waals surface area contributed by atoms with Gasteiger partial charge in [0.2, 0.25) is 0 Å². The summed E-state index contributed by atoms with van der Waals surface area (Å²) in [6.07, 6.45) is 0. The summed E-state index contributed by atoms with van der Waals surface area (Å²) in [6, 6.07) is 0. The van der Waals surface area contributed by atoms with Crippen LogP contribution in [0, 0.1) is 0 Å². The van der Waals surface area contributed by atoms with Gasteiger partial charge in [-0.15, -0.1) is 11.3 Å². The number of aromatic nitrogens is 1. The van der Waals surface area contributed by atoms with Crippen LogP contribution in [0.3, 0.4) is 0 Å². The maximum atomic E-state index is 4.39. The van der Waals surface area contributed by atoms with Crippen LogP contribution >= 0.6 is 11.3 Å². The summed E-state index contributed by atoms with van der Waals surface area (Å²) in [7, 11) is 0. The van der Waals surface area contributed by atoms with Crippen molar-refractivity contribution in [1.29, 1.82) is 0 Å². The standard InChI is InChI=1S/C8H12N2S/c1-8(2)4-9-3-6-7(8)10-5-11-6/h5,9H,3-4H2,1-2H3. The highest BCUT2D eigenvalue weighted by Gasteiger charge is 2.29. The van der Waals surface area contributed by atoms with E-state index < -0.39 is 0 Å². The Morgan fingerprint density at radius 1 is 1.64 bits per heavy atom. The topological polar surface area (TPSA) is 24.9 Å². The van der Waals surface area contributed by atoms with Gasteiger partial charge < -0.3 is 5.32 Å². The maximum absolute atomic E-state index is 4.39. The third-order valence-electron chi connectivity index (χ3n) is 2.13. The van der Waals surface area contributed by atoms with Crippen LogP contribution in [0.2, 0.25) is 0 Å². The summed E-state index contributed by atoms with van der Waals surface area (Å²) < 4.78 is 0. The van der Waals surface area contributed by atoms with E-state index in [9.17, 15) is 0 Å². The van der Waals surface area contributed by atoms with Crippen molar-refractivity contribution in [2.24, 2.45) is 0 Å². The molecule has 1 aromatic rings. The molecule has 0 saturated heterocycles. The van der Waals surface area contributed by atoms with Crippen LogP contribution in [0.15, 0.2) is 5.51 Å². The Kier molecular flexibility index (Phi) is 1.51. The molecule has 0 spiro atoms. The maximum Gasteiger partial charge on any atom is 0.0798 e. The molecule has 0 atom stereocenters. The zero-order valence-electron chi connectivity index (χ0n) is 6.85. The predicted octanol–water partition coefficient (Wildman–Crippen LogP) is 1.52. The Hall–Kier alpha value is -0.410. The largest absolute Gasteiger partial charge is 0.311 e. The van der Waals surface area contributed by atoms with Crippen LogP contribution in [0.5, 0.6) is 0 Å². The SMILES string of the molecule is CC1(C)CNCc2scnc21. The van der Waals surface area contributed by atoms with E-state index in [-0.39, 0.29) is 5.41 Å². The number of nitrogens with zero attached hydrogens (tertiary/aromatic N) is 1. The van der Waals surface area contributed by atoms with Crippen molar-refractivity contribution >= 4 is 11.3 Å². The van der Waals surface area contributed by atoms with Gasteiger partial charge in [0.15, 0.2) is 0 Å². The lowest BCUT2D eigenvalue weighted by Crippen LogP contribution is -2.38. The molecule has 0 bridgehead atoms. The van der Waals surface area contributed by atoms with Crippen LogP contribution in [0.25, 0.3) is 0 Å². The number of hydrogen-bond acceptors (Lipinski definition) is 3. The minimum absolute atomic E-state index is 0.230. The lowest BCUT2D eigenvalue weighted by atomic mass is 9.86. The van der Waals surface area contributed by atoms with E-state index in [2.05, 4.69) is 24.1 Å². The fraction of sp³-hybridized carbons (Fsp3) is 0.625. The number of hydrogen-bond donors (Lipinski definition) is 1. The minimum atomic E-state index is 0.230. The molecule has 1 aliphatic rings. The second kappa shape index (κ2) is 2.29. The Labute approximate surface area is 70.7 Å². The first-order valence-corrected chi connectivity index (χ1v) is 4.72. The molecule has 0 saturated carbocycles. The highest BCUT2D eigenvalue weighted by molar-refractivity contribution is 7.09. The molecule has 1 aliphatic heterocycles. The second-order valence-corrected chi connectivity index (χ2v) is 4.55. The number of fused-ring (bicyclic) bond motifs is 1. The van der Waals surface area contributed by atoms with Gasteiger partial charge in [-0.3, -0.25) is 0 Å². The van der Waals surface area contributed by atoms with Gasteiger partial charge in [-0.1, -0.05) is 13.8 Å². The quantitative estimate of drug-likeness (QED) is 0.635. The van der Waals surface area contributed by atoms with Gasteiger partial charge >= 0.3 is 0 Å². The van der Waals surface area contributed by atoms with Crippen molar-refractivity contribution in [3.05, 3.63) is 16.1 Å². The molecule has 2 nitrogen and oxygen atoms in total. The van der Waals surface area contributed by atoms with Crippen molar-refractivity contribution in [2.75, 3.05) is 6.54 Å². The number of rotatable bonds is 0. The summed E-state index contributed by atoms with van der Waals surface area (Å²) >= 11 is 1.75. The molecule has 60 valence electrons. The Bertz CT molecular complexity index is 265. The van der Waals surface area contributed by atoms with Crippen LogP contribution < -0.4 is 5.32 Å². The van der Waals surface area contributed by atoms with Crippen molar-refractivity contribution < 1.29 is 0 Å². The van der Waals surface area contributed by atoms with E-state index in [0.29, 0.717) is 0 Å². The Morgan fingerprint density at radius 3 is 3.18 bits per heavy atom. The highest BCUT2D eigenvalue weighted by Crippen LogP contribution is 2.29. The molecule has 1 N–H and O–H groups in total. The molecule has 0 fully saturated rings. The van der Waals surface area contributed by atoms with E-state index in [1.54, 1.807) is 11.3 Å². The Balaban J connectivity index is 2.48. The summed E-state index contributed by atoms with van der Waals surface area (Å²) in [5.74, 6) is 0. The predicted molar refractivity (Wildman–Crippen MR) is 46.8 cm³/mol. The van der Waals surface area contributed by atoms with E-state index >= 15 is 0 Å². The van der Waals surface area contributed by atoms with Gasteiger partial charge in [0.25, 0.3) is 0 Å².